The molecule has 0 bridgehead atoms. The summed E-state index contributed by atoms with van der Waals surface area (Å²) >= 11 is 0. The van der Waals surface area contributed by atoms with Gasteiger partial charge in [0.1, 0.15) is 5.82 Å². The maximum atomic E-state index is 13.2. The van der Waals surface area contributed by atoms with Crippen LogP contribution in [0.2, 0.25) is 0 Å². The second-order valence-corrected chi connectivity index (χ2v) is 5.69. The molecule has 1 saturated heterocycles. The molecule has 1 aromatic carbocycles. The number of halogens is 3. The lowest BCUT2D eigenvalue weighted by Crippen LogP contribution is -2.39. The predicted molar refractivity (Wildman–Crippen MR) is 88.2 cm³/mol. The normalized spacial score (nSPS) is 16.0. The third-order valence-electron chi connectivity index (χ3n) is 3.97. The van der Waals surface area contributed by atoms with Gasteiger partial charge in [-0.1, -0.05) is 18.2 Å². The number of anilines is 1. The molecule has 5 nitrogen and oxygen atoms in total. The number of hydrogen-bond acceptors (Lipinski definition) is 5. The van der Waals surface area contributed by atoms with Gasteiger partial charge in [-0.2, -0.15) is 13.2 Å². The van der Waals surface area contributed by atoms with Crippen LogP contribution in [0.5, 0.6) is 0 Å². The van der Waals surface area contributed by atoms with Crippen molar-refractivity contribution >= 4 is 5.82 Å². The average Bonchev–Trinajstić information content (AvgIpc) is 2.62. The summed E-state index contributed by atoms with van der Waals surface area (Å²) in [7, 11) is 0. The molecule has 0 spiro atoms. The van der Waals surface area contributed by atoms with Gasteiger partial charge in [0.15, 0.2) is 5.82 Å². The summed E-state index contributed by atoms with van der Waals surface area (Å²) in [5, 5.41) is 3.15. The number of alkyl halides is 3. The summed E-state index contributed by atoms with van der Waals surface area (Å²) in [6.07, 6.45) is -2.98. The van der Waals surface area contributed by atoms with E-state index in [2.05, 4.69) is 20.2 Å². The molecule has 25 heavy (non-hydrogen) atoms. The SMILES string of the molecule is FC(F)(F)c1ccccc1-c1nccc(NCCN2CCOCC2)n1. The highest BCUT2D eigenvalue weighted by atomic mass is 19.4. The quantitative estimate of drug-likeness (QED) is 0.897. The highest BCUT2D eigenvalue weighted by Crippen LogP contribution is 2.35. The van der Waals surface area contributed by atoms with E-state index in [4.69, 9.17) is 4.74 Å². The summed E-state index contributed by atoms with van der Waals surface area (Å²) in [6.45, 7) is 4.70. The van der Waals surface area contributed by atoms with Crippen LogP contribution in [0.15, 0.2) is 36.5 Å². The van der Waals surface area contributed by atoms with Crippen LogP contribution >= 0.6 is 0 Å². The van der Waals surface area contributed by atoms with Gasteiger partial charge in [-0.25, -0.2) is 9.97 Å². The average molecular weight is 352 g/mol. The van der Waals surface area contributed by atoms with E-state index in [0.717, 1.165) is 38.9 Å². The minimum Gasteiger partial charge on any atom is -0.379 e. The highest BCUT2D eigenvalue weighted by Gasteiger charge is 2.34. The molecule has 1 N–H and O–H groups in total. The van der Waals surface area contributed by atoms with Crippen molar-refractivity contribution in [1.29, 1.82) is 0 Å². The van der Waals surface area contributed by atoms with Crippen molar-refractivity contribution in [3.05, 3.63) is 42.1 Å². The molecular weight excluding hydrogens is 333 g/mol. The largest absolute Gasteiger partial charge is 0.417 e. The van der Waals surface area contributed by atoms with Gasteiger partial charge < -0.3 is 10.1 Å². The number of nitrogens with zero attached hydrogens (tertiary/aromatic N) is 3. The van der Waals surface area contributed by atoms with Gasteiger partial charge in [0.05, 0.1) is 18.8 Å². The number of ether oxygens (including phenoxy) is 1. The molecule has 0 amide bonds. The fourth-order valence-corrected chi connectivity index (χ4v) is 2.68. The van der Waals surface area contributed by atoms with Gasteiger partial charge in [-0.05, 0) is 12.1 Å². The topological polar surface area (TPSA) is 50.3 Å². The Labute approximate surface area is 143 Å². The molecule has 1 aliphatic rings. The minimum absolute atomic E-state index is 0.0215. The van der Waals surface area contributed by atoms with Crippen LogP contribution in [0.4, 0.5) is 19.0 Å². The van der Waals surface area contributed by atoms with Gasteiger partial charge in [0.2, 0.25) is 0 Å². The standard InChI is InChI=1S/C17H19F3N4O/c18-17(19,20)14-4-2-1-3-13(14)16-22-6-5-15(23-16)21-7-8-24-9-11-25-12-10-24/h1-6H,7-12H2,(H,21,22,23). The Balaban J connectivity index is 1.69. The molecule has 2 heterocycles. The van der Waals surface area contributed by atoms with Gasteiger partial charge in [0, 0.05) is 37.9 Å². The molecule has 2 aromatic rings. The third kappa shape index (κ3) is 4.67. The van der Waals surface area contributed by atoms with Crippen LogP contribution in [-0.4, -0.2) is 54.3 Å². The van der Waals surface area contributed by atoms with Gasteiger partial charge in [-0.15, -0.1) is 0 Å². The van der Waals surface area contributed by atoms with E-state index >= 15 is 0 Å². The zero-order valence-corrected chi connectivity index (χ0v) is 13.6. The summed E-state index contributed by atoms with van der Waals surface area (Å²) in [5.74, 6) is 0.569. The van der Waals surface area contributed by atoms with Crippen molar-refractivity contribution in [2.45, 2.75) is 6.18 Å². The van der Waals surface area contributed by atoms with Gasteiger partial charge in [0.25, 0.3) is 0 Å². The molecule has 1 fully saturated rings. The molecule has 134 valence electrons. The van der Waals surface area contributed by atoms with Crippen LogP contribution < -0.4 is 5.32 Å². The smallest absolute Gasteiger partial charge is 0.379 e. The first-order valence-electron chi connectivity index (χ1n) is 8.07. The second kappa shape index (κ2) is 7.79. The molecule has 0 radical (unpaired) electrons. The van der Waals surface area contributed by atoms with Crippen LogP contribution in [0.3, 0.4) is 0 Å². The van der Waals surface area contributed by atoms with Gasteiger partial charge >= 0.3 is 6.18 Å². The Morgan fingerprint density at radius 3 is 2.64 bits per heavy atom. The fraction of sp³-hybridized carbons (Fsp3) is 0.412. The number of morpholine rings is 1. The third-order valence-corrected chi connectivity index (χ3v) is 3.97. The maximum absolute atomic E-state index is 13.2. The molecule has 3 rings (SSSR count). The molecule has 1 aliphatic heterocycles. The lowest BCUT2D eigenvalue weighted by atomic mass is 10.1. The summed E-state index contributed by atoms with van der Waals surface area (Å²) in [6, 6.07) is 6.98. The fourth-order valence-electron chi connectivity index (χ4n) is 2.68. The monoisotopic (exact) mass is 352 g/mol. The van der Waals surface area contributed by atoms with Crippen molar-refractivity contribution < 1.29 is 17.9 Å². The van der Waals surface area contributed by atoms with E-state index in [-0.39, 0.29) is 11.4 Å². The Hall–Kier alpha value is -2.19. The first kappa shape index (κ1) is 17.6. The van der Waals surface area contributed by atoms with Crippen LogP contribution in [0.25, 0.3) is 11.4 Å². The highest BCUT2D eigenvalue weighted by molar-refractivity contribution is 5.62. The number of hydrogen-bond donors (Lipinski definition) is 1. The van der Waals surface area contributed by atoms with Crippen LogP contribution in [0.1, 0.15) is 5.56 Å². The van der Waals surface area contributed by atoms with Crippen molar-refractivity contribution in [3.63, 3.8) is 0 Å². The Morgan fingerprint density at radius 1 is 1.12 bits per heavy atom. The molecular formula is C17H19F3N4O. The molecule has 8 heteroatoms. The zero-order valence-electron chi connectivity index (χ0n) is 13.6. The summed E-state index contributed by atoms with van der Waals surface area (Å²) < 4.78 is 44.8. The maximum Gasteiger partial charge on any atom is 0.417 e. The van der Waals surface area contributed by atoms with Crippen molar-refractivity contribution in [2.24, 2.45) is 0 Å². The number of aromatic nitrogens is 2. The molecule has 0 unspecified atom stereocenters. The van der Waals surface area contributed by atoms with E-state index in [1.807, 2.05) is 0 Å². The molecule has 1 aromatic heterocycles. The first-order chi connectivity index (χ1) is 12.0. The van der Waals surface area contributed by atoms with E-state index in [0.29, 0.717) is 12.4 Å². The van der Waals surface area contributed by atoms with Crippen molar-refractivity contribution in [1.82, 2.24) is 14.9 Å². The van der Waals surface area contributed by atoms with E-state index in [1.54, 1.807) is 12.1 Å². The second-order valence-electron chi connectivity index (χ2n) is 5.69. The molecule has 0 saturated carbocycles. The Bertz CT molecular complexity index is 702. The minimum atomic E-state index is -4.44. The molecule has 0 aliphatic carbocycles. The number of rotatable bonds is 5. The summed E-state index contributed by atoms with van der Waals surface area (Å²) in [4.78, 5) is 10.5. The molecule has 0 atom stereocenters. The van der Waals surface area contributed by atoms with Crippen molar-refractivity contribution in [3.8, 4) is 11.4 Å². The first-order valence-corrected chi connectivity index (χ1v) is 8.07. The van der Waals surface area contributed by atoms with E-state index < -0.39 is 11.7 Å². The lowest BCUT2D eigenvalue weighted by Gasteiger charge is -2.26. The van der Waals surface area contributed by atoms with E-state index in [1.165, 1.54) is 18.3 Å². The van der Waals surface area contributed by atoms with Crippen LogP contribution in [-0.2, 0) is 10.9 Å². The summed E-state index contributed by atoms with van der Waals surface area (Å²) in [5.41, 5.74) is -0.757. The van der Waals surface area contributed by atoms with Crippen LogP contribution in [0, 0.1) is 0 Å². The number of nitrogens with one attached hydrogen (secondary N) is 1. The lowest BCUT2D eigenvalue weighted by molar-refractivity contribution is -0.137. The van der Waals surface area contributed by atoms with Crippen molar-refractivity contribution in [2.75, 3.05) is 44.7 Å². The number of benzene rings is 1. The van der Waals surface area contributed by atoms with Gasteiger partial charge in [-0.3, -0.25) is 4.90 Å². The zero-order chi connectivity index (χ0) is 17.7. The van der Waals surface area contributed by atoms with E-state index in [9.17, 15) is 13.2 Å². The Morgan fingerprint density at radius 2 is 1.88 bits per heavy atom. The Kier molecular flexibility index (Phi) is 5.50. The predicted octanol–water partition coefficient (Wildman–Crippen LogP) is 2.91.